The average molecular weight is 406 g/mol. The van der Waals surface area contributed by atoms with Gasteiger partial charge in [0, 0.05) is 17.2 Å². The van der Waals surface area contributed by atoms with E-state index in [-0.39, 0.29) is 18.0 Å². The van der Waals surface area contributed by atoms with Crippen LogP contribution in [0.15, 0.2) is 77.8 Å². The number of rotatable bonds is 4. The van der Waals surface area contributed by atoms with E-state index < -0.39 is 4.92 Å². The maximum absolute atomic E-state index is 13.1. The maximum atomic E-state index is 13.1. The minimum atomic E-state index is -0.456. The molecule has 1 aliphatic rings. The number of nitro benzene ring substituents is 1. The van der Waals surface area contributed by atoms with Crippen molar-refractivity contribution in [1.29, 1.82) is 0 Å². The maximum Gasteiger partial charge on any atom is 0.269 e. The number of hydrogen-bond donors (Lipinski definition) is 0. The molecule has 1 heterocycles. The van der Waals surface area contributed by atoms with E-state index in [1.54, 1.807) is 35.2 Å². The van der Waals surface area contributed by atoms with Crippen LogP contribution in [-0.4, -0.2) is 16.5 Å². The lowest BCUT2D eigenvalue weighted by molar-refractivity contribution is -0.384. The highest BCUT2D eigenvalue weighted by atomic mass is 35.5. The van der Waals surface area contributed by atoms with Crippen LogP contribution in [0.25, 0.3) is 0 Å². The first-order valence-electron chi connectivity index (χ1n) is 8.97. The monoisotopic (exact) mass is 405 g/mol. The van der Waals surface area contributed by atoms with E-state index in [1.807, 2.05) is 30.3 Å². The van der Waals surface area contributed by atoms with Crippen molar-refractivity contribution in [3.63, 3.8) is 0 Å². The summed E-state index contributed by atoms with van der Waals surface area (Å²) in [5, 5.41) is 11.4. The molecule has 1 aliphatic heterocycles. The Balaban J connectivity index is 1.75. The quantitative estimate of drug-likeness (QED) is 0.436. The predicted molar refractivity (Wildman–Crippen MR) is 113 cm³/mol. The molecule has 144 valence electrons. The molecular formula is C22H16ClN3O3. The molecule has 0 aromatic heterocycles. The Morgan fingerprint density at radius 1 is 1.03 bits per heavy atom. The summed E-state index contributed by atoms with van der Waals surface area (Å²) in [6.45, 7) is 0.399. The van der Waals surface area contributed by atoms with Crippen molar-refractivity contribution in [2.24, 2.45) is 4.99 Å². The Bertz CT molecular complexity index is 1110. The third kappa shape index (κ3) is 4.02. The minimum absolute atomic E-state index is 0.00724. The largest absolute Gasteiger partial charge is 0.305 e. The van der Waals surface area contributed by atoms with Crippen LogP contribution in [0.5, 0.6) is 0 Å². The molecule has 4 rings (SSSR count). The van der Waals surface area contributed by atoms with Gasteiger partial charge in [0.2, 0.25) is 5.91 Å². The van der Waals surface area contributed by atoms with E-state index >= 15 is 0 Å². The molecule has 0 aliphatic carbocycles. The molecule has 6 nitrogen and oxygen atoms in total. The van der Waals surface area contributed by atoms with Crippen molar-refractivity contribution in [2.75, 3.05) is 4.90 Å². The molecular weight excluding hydrogens is 390 g/mol. The number of amides is 1. The lowest BCUT2D eigenvalue weighted by Crippen LogP contribution is -2.31. The summed E-state index contributed by atoms with van der Waals surface area (Å²) in [5.74, 6) is -0.119. The van der Waals surface area contributed by atoms with Crippen LogP contribution < -0.4 is 4.90 Å². The first-order valence-corrected chi connectivity index (χ1v) is 9.35. The molecule has 0 spiro atoms. The second kappa shape index (κ2) is 7.85. The molecule has 1 amide bonds. The number of halogens is 1. The van der Waals surface area contributed by atoms with Crippen molar-refractivity contribution in [3.8, 4) is 0 Å². The van der Waals surface area contributed by atoms with Gasteiger partial charge in [-0.25, -0.2) is 0 Å². The summed E-state index contributed by atoms with van der Waals surface area (Å²) in [4.78, 5) is 30.0. The first-order chi connectivity index (χ1) is 14.0. The predicted octanol–water partition coefficient (Wildman–Crippen LogP) is 5.31. The number of fused-ring (bicyclic) bond motifs is 1. The van der Waals surface area contributed by atoms with Crippen molar-refractivity contribution < 1.29 is 9.72 Å². The highest BCUT2D eigenvalue weighted by molar-refractivity contribution is 6.31. The fraction of sp³-hybridized carbons (Fsp3) is 0.0909. The van der Waals surface area contributed by atoms with Crippen molar-refractivity contribution in [2.45, 2.75) is 13.0 Å². The van der Waals surface area contributed by atoms with Gasteiger partial charge in [-0.05, 0) is 41.5 Å². The molecule has 0 unspecified atom stereocenters. The number of aliphatic imine (C=N–C) groups is 1. The van der Waals surface area contributed by atoms with Crippen LogP contribution in [0.2, 0.25) is 5.02 Å². The Morgan fingerprint density at radius 3 is 2.45 bits per heavy atom. The lowest BCUT2D eigenvalue weighted by Gasteiger charge is -2.22. The van der Waals surface area contributed by atoms with Crippen LogP contribution in [0.4, 0.5) is 17.1 Å². The fourth-order valence-corrected chi connectivity index (χ4v) is 3.41. The number of benzene rings is 3. The highest BCUT2D eigenvalue weighted by Crippen LogP contribution is 2.36. The molecule has 0 fully saturated rings. The molecule has 0 saturated carbocycles. The third-order valence-electron chi connectivity index (χ3n) is 4.70. The topological polar surface area (TPSA) is 75.8 Å². The van der Waals surface area contributed by atoms with Gasteiger partial charge in [-0.1, -0.05) is 41.9 Å². The Hall–Kier alpha value is -3.51. The van der Waals surface area contributed by atoms with Crippen molar-refractivity contribution in [1.82, 2.24) is 0 Å². The summed E-state index contributed by atoms with van der Waals surface area (Å²) >= 11 is 6.20. The van der Waals surface area contributed by atoms with E-state index in [0.717, 1.165) is 5.56 Å². The zero-order chi connectivity index (χ0) is 20.4. The lowest BCUT2D eigenvalue weighted by atomic mass is 10.1. The van der Waals surface area contributed by atoms with E-state index in [9.17, 15) is 14.9 Å². The van der Waals surface area contributed by atoms with E-state index in [4.69, 9.17) is 16.6 Å². The van der Waals surface area contributed by atoms with Gasteiger partial charge in [0.25, 0.3) is 5.69 Å². The van der Waals surface area contributed by atoms with Gasteiger partial charge in [-0.2, -0.15) is 0 Å². The summed E-state index contributed by atoms with van der Waals surface area (Å²) in [6.07, 6.45) is 0.0803. The Kier molecular flexibility index (Phi) is 5.10. The molecule has 0 saturated heterocycles. The van der Waals surface area contributed by atoms with Crippen molar-refractivity contribution >= 4 is 40.3 Å². The first kappa shape index (κ1) is 18.8. The van der Waals surface area contributed by atoms with Crippen LogP contribution >= 0.6 is 11.6 Å². The number of nitro groups is 1. The second-order valence-electron chi connectivity index (χ2n) is 6.64. The molecule has 3 aromatic carbocycles. The summed E-state index contributed by atoms with van der Waals surface area (Å²) in [7, 11) is 0. The molecule has 0 atom stereocenters. The number of hydrogen-bond acceptors (Lipinski definition) is 4. The van der Waals surface area contributed by atoms with Crippen molar-refractivity contribution in [3.05, 3.63) is 99.1 Å². The summed E-state index contributed by atoms with van der Waals surface area (Å²) in [5.41, 5.74) is 3.49. The number of carbonyl (C=O) groups is 1. The highest BCUT2D eigenvalue weighted by Gasteiger charge is 2.25. The summed E-state index contributed by atoms with van der Waals surface area (Å²) in [6, 6.07) is 21.0. The minimum Gasteiger partial charge on any atom is -0.305 e. The van der Waals surface area contributed by atoms with Crippen LogP contribution in [0.3, 0.4) is 0 Å². The zero-order valence-electron chi connectivity index (χ0n) is 15.3. The Morgan fingerprint density at radius 2 is 1.76 bits per heavy atom. The SMILES string of the molecule is O=C1CC(c2ccc([N+](=O)[O-])cc2)=Nc2ccc(Cl)cc2N1Cc1ccccc1. The van der Waals surface area contributed by atoms with Gasteiger partial charge in [-0.15, -0.1) is 0 Å². The zero-order valence-corrected chi connectivity index (χ0v) is 16.0. The molecule has 29 heavy (non-hydrogen) atoms. The number of carbonyl (C=O) groups excluding carboxylic acids is 1. The molecule has 7 heteroatoms. The smallest absolute Gasteiger partial charge is 0.269 e. The molecule has 0 N–H and O–H groups in total. The van der Waals surface area contributed by atoms with E-state index in [1.165, 1.54) is 12.1 Å². The number of non-ortho nitro benzene ring substituents is 1. The van der Waals surface area contributed by atoms with Crippen LogP contribution in [-0.2, 0) is 11.3 Å². The van der Waals surface area contributed by atoms with Gasteiger partial charge in [0.1, 0.15) is 0 Å². The molecule has 0 radical (unpaired) electrons. The second-order valence-corrected chi connectivity index (χ2v) is 7.07. The molecule has 3 aromatic rings. The van der Waals surface area contributed by atoms with E-state index in [0.29, 0.717) is 34.2 Å². The number of nitrogens with zero attached hydrogens (tertiary/aromatic N) is 3. The standard InChI is InChI=1S/C22H16ClN3O3/c23-17-8-11-19-21(12-17)25(14-15-4-2-1-3-5-15)22(27)13-20(24-19)16-6-9-18(10-7-16)26(28)29/h1-12H,13-14H2. The fourth-order valence-electron chi connectivity index (χ4n) is 3.25. The summed E-state index contributed by atoms with van der Waals surface area (Å²) < 4.78 is 0. The third-order valence-corrected chi connectivity index (χ3v) is 4.93. The van der Waals surface area contributed by atoms with Gasteiger partial charge >= 0.3 is 0 Å². The number of anilines is 1. The Labute approximate surface area is 172 Å². The van der Waals surface area contributed by atoms with Gasteiger partial charge in [0.05, 0.1) is 35.0 Å². The van der Waals surface area contributed by atoms with E-state index in [2.05, 4.69) is 0 Å². The van der Waals surface area contributed by atoms with Crippen LogP contribution in [0.1, 0.15) is 17.5 Å². The van der Waals surface area contributed by atoms with Gasteiger partial charge in [-0.3, -0.25) is 19.9 Å². The van der Waals surface area contributed by atoms with Gasteiger partial charge in [0.15, 0.2) is 0 Å². The average Bonchev–Trinajstić information content (AvgIpc) is 2.86. The van der Waals surface area contributed by atoms with Crippen LogP contribution in [0, 0.1) is 10.1 Å². The van der Waals surface area contributed by atoms with Gasteiger partial charge < -0.3 is 4.90 Å². The normalized spacial score (nSPS) is 13.5. The molecule has 0 bridgehead atoms.